The van der Waals surface area contributed by atoms with Crippen molar-refractivity contribution < 1.29 is 4.42 Å². The smallest absolute Gasteiger partial charge is 0.127 e. The molecule has 0 aliphatic rings. The van der Waals surface area contributed by atoms with E-state index in [4.69, 9.17) is 33.4 Å². The highest BCUT2D eigenvalue weighted by Crippen LogP contribution is 2.37. The minimum Gasteiger partial charge on any atom is -0.467 e. The summed E-state index contributed by atoms with van der Waals surface area (Å²) in [5.41, 5.74) is 7.87. The van der Waals surface area contributed by atoms with Gasteiger partial charge in [0.1, 0.15) is 5.76 Å². The minimum absolute atomic E-state index is 0.351. The summed E-state index contributed by atoms with van der Waals surface area (Å²) < 4.78 is 6.57. The Morgan fingerprint density at radius 2 is 2.20 bits per heavy atom. The number of rotatable bonds is 2. The monoisotopic (exact) mass is 261 g/mol. The fourth-order valence-electron chi connectivity index (χ4n) is 1.41. The van der Waals surface area contributed by atoms with E-state index in [0.717, 1.165) is 16.9 Å². The van der Waals surface area contributed by atoms with E-state index in [0.29, 0.717) is 8.67 Å². The first-order valence-electron chi connectivity index (χ1n) is 4.34. The van der Waals surface area contributed by atoms with E-state index in [1.54, 1.807) is 12.3 Å². The van der Waals surface area contributed by atoms with Crippen molar-refractivity contribution in [1.29, 1.82) is 0 Å². The van der Waals surface area contributed by atoms with Gasteiger partial charge in [-0.05, 0) is 24.6 Å². The second-order valence-electron chi connectivity index (χ2n) is 3.23. The Morgan fingerprint density at radius 3 is 2.67 bits per heavy atom. The third kappa shape index (κ3) is 2.06. The number of hydrogen-bond acceptors (Lipinski definition) is 3. The molecule has 2 nitrogen and oxygen atoms in total. The fourth-order valence-corrected chi connectivity index (χ4v) is 2.96. The van der Waals surface area contributed by atoms with Gasteiger partial charge in [-0.2, -0.15) is 0 Å². The molecule has 1 atom stereocenters. The van der Waals surface area contributed by atoms with Crippen LogP contribution in [-0.4, -0.2) is 0 Å². The van der Waals surface area contributed by atoms with Crippen LogP contribution in [0.15, 0.2) is 22.8 Å². The van der Waals surface area contributed by atoms with Crippen LogP contribution in [0.5, 0.6) is 0 Å². The van der Waals surface area contributed by atoms with Gasteiger partial charge in [0.25, 0.3) is 0 Å². The van der Waals surface area contributed by atoms with Gasteiger partial charge >= 0.3 is 0 Å². The van der Waals surface area contributed by atoms with E-state index < -0.39 is 0 Å². The van der Waals surface area contributed by atoms with Crippen LogP contribution in [-0.2, 0) is 0 Å². The zero-order chi connectivity index (χ0) is 11.0. The third-order valence-corrected chi connectivity index (χ3v) is 3.72. The van der Waals surface area contributed by atoms with E-state index in [-0.39, 0.29) is 6.04 Å². The molecule has 15 heavy (non-hydrogen) atoms. The quantitative estimate of drug-likeness (QED) is 0.888. The fraction of sp³-hybridized carbons (Fsp3) is 0.200. The van der Waals surface area contributed by atoms with Gasteiger partial charge in [-0.1, -0.05) is 23.2 Å². The summed E-state index contributed by atoms with van der Waals surface area (Å²) in [6.45, 7) is 1.95. The highest BCUT2D eigenvalue weighted by Gasteiger charge is 2.19. The van der Waals surface area contributed by atoms with Crippen molar-refractivity contribution >= 4 is 34.5 Å². The molecule has 0 spiro atoms. The Morgan fingerprint density at radius 1 is 1.47 bits per heavy atom. The predicted octanol–water partition coefficient (Wildman–Crippen LogP) is 4.00. The molecule has 2 rings (SSSR count). The third-order valence-electron chi connectivity index (χ3n) is 2.20. The minimum atomic E-state index is -0.351. The average molecular weight is 262 g/mol. The lowest BCUT2D eigenvalue weighted by molar-refractivity contribution is 0.487. The molecule has 0 aromatic carbocycles. The summed E-state index contributed by atoms with van der Waals surface area (Å²) in [5, 5.41) is 0. The van der Waals surface area contributed by atoms with E-state index in [9.17, 15) is 0 Å². The first kappa shape index (κ1) is 11.0. The molecule has 2 aromatic heterocycles. The Kier molecular flexibility index (Phi) is 3.07. The second kappa shape index (κ2) is 4.18. The summed E-state index contributed by atoms with van der Waals surface area (Å²) >= 11 is 13.2. The molecule has 2 aromatic rings. The highest BCUT2D eigenvalue weighted by atomic mass is 35.5. The van der Waals surface area contributed by atoms with Crippen LogP contribution >= 0.6 is 34.5 Å². The van der Waals surface area contributed by atoms with Gasteiger partial charge in [0, 0.05) is 5.56 Å². The summed E-state index contributed by atoms with van der Waals surface area (Å²) in [5.74, 6) is 0.728. The van der Waals surface area contributed by atoms with Crippen molar-refractivity contribution in [1.82, 2.24) is 0 Å². The zero-order valence-electron chi connectivity index (χ0n) is 7.96. The second-order valence-corrected chi connectivity index (χ2v) is 5.51. The molecule has 80 valence electrons. The molecule has 2 N–H and O–H groups in total. The van der Waals surface area contributed by atoms with Crippen LogP contribution in [0.3, 0.4) is 0 Å². The first-order valence-corrected chi connectivity index (χ1v) is 5.91. The van der Waals surface area contributed by atoms with Gasteiger partial charge in [0.15, 0.2) is 0 Å². The van der Waals surface area contributed by atoms with Crippen LogP contribution in [0.2, 0.25) is 8.67 Å². The number of furan rings is 1. The van der Waals surface area contributed by atoms with Gasteiger partial charge in [-0.3, -0.25) is 0 Å². The molecule has 2 heterocycles. The van der Waals surface area contributed by atoms with Crippen LogP contribution in [0.25, 0.3) is 0 Å². The van der Waals surface area contributed by atoms with Crippen molar-refractivity contribution in [3.8, 4) is 0 Å². The zero-order valence-corrected chi connectivity index (χ0v) is 10.3. The maximum Gasteiger partial charge on any atom is 0.127 e. The molecule has 0 fully saturated rings. The van der Waals surface area contributed by atoms with Gasteiger partial charge in [-0.25, -0.2) is 0 Å². The molecule has 5 heteroatoms. The molecule has 0 saturated carbocycles. The van der Waals surface area contributed by atoms with Crippen LogP contribution < -0.4 is 5.73 Å². The van der Waals surface area contributed by atoms with Crippen molar-refractivity contribution in [3.05, 3.63) is 44.0 Å². The number of nitrogens with two attached hydrogens (primary N) is 1. The predicted molar refractivity (Wildman–Crippen MR) is 63.8 cm³/mol. The number of hydrogen-bond donors (Lipinski definition) is 1. The number of halogens is 2. The molecule has 0 saturated heterocycles. The first-order chi connectivity index (χ1) is 7.09. The molecular weight excluding hydrogens is 253 g/mol. The Hall–Kier alpha value is -0.480. The normalized spacial score (nSPS) is 13.1. The van der Waals surface area contributed by atoms with E-state index in [2.05, 4.69) is 0 Å². The lowest BCUT2D eigenvalue weighted by Gasteiger charge is -2.08. The Balaban J connectivity index is 2.40. The summed E-state index contributed by atoms with van der Waals surface area (Å²) in [6, 6.07) is 3.30. The maximum atomic E-state index is 6.05. The lowest BCUT2D eigenvalue weighted by atomic mass is 10.1. The molecule has 0 aliphatic heterocycles. The number of thiophene rings is 1. The van der Waals surface area contributed by atoms with Crippen molar-refractivity contribution in [2.75, 3.05) is 0 Å². The summed E-state index contributed by atoms with van der Waals surface area (Å²) in [6.07, 6.45) is 1.62. The van der Waals surface area contributed by atoms with Gasteiger partial charge in [-0.15, -0.1) is 11.3 Å². The molecule has 0 bridgehead atoms. The van der Waals surface area contributed by atoms with Crippen LogP contribution in [0.4, 0.5) is 0 Å². The van der Waals surface area contributed by atoms with E-state index in [1.165, 1.54) is 11.3 Å². The Labute approximate surface area is 102 Å². The van der Waals surface area contributed by atoms with Gasteiger partial charge in [0.05, 0.1) is 21.0 Å². The molecular formula is C10H9Cl2NOS. The van der Waals surface area contributed by atoms with Crippen molar-refractivity contribution in [2.24, 2.45) is 5.73 Å². The van der Waals surface area contributed by atoms with Gasteiger partial charge in [0.2, 0.25) is 0 Å². The molecule has 0 amide bonds. The SMILES string of the molecule is Cc1ccoc1C(N)c1cc(Cl)sc1Cl. The van der Waals surface area contributed by atoms with Crippen LogP contribution in [0, 0.1) is 6.92 Å². The highest BCUT2D eigenvalue weighted by molar-refractivity contribution is 7.20. The molecule has 0 aliphatic carbocycles. The molecule has 1 unspecified atom stereocenters. The number of aryl methyl sites for hydroxylation is 1. The maximum absolute atomic E-state index is 6.05. The standard InChI is InChI=1S/C10H9Cl2NOS/c1-5-2-3-14-9(5)8(13)6-4-7(11)15-10(6)12/h2-4,8H,13H2,1H3. The largest absolute Gasteiger partial charge is 0.467 e. The van der Waals surface area contributed by atoms with Crippen molar-refractivity contribution in [3.63, 3.8) is 0 Å². The lowest BCUT2D eigenvalue weighted by Crippen LogP contribution is -2.11. The van der Waals surface area contributed by atoms with Crippen molar-refractivity contribution in [2.45, 2.75) is 13.0 Å². The Bertz CT molecular complexity index is 477. The molecule has 0 radical (unpaired) electrons. The van der Waals surface area contributed by atoms with Crippen LogP contribution in [0.1, 0.15) is 22.9 Å². The average Bonchev–Trinajstić information content (AvgIpc) is 2.71. The van der Waals surface area contributed by atoms with E-state index >= 15 is 0 Å². The van der Waals surface area contributed by atoms with E-state index in [1.807, 2.05) is 13.0 Å². The van der Waals surface area contributed by atoms with Gasteiger partial charge < -0.3 is 10.2 Å². The summed E-state index contributed by atoms with van der Waals surface area (Å²) in [4.78, 5) is 0. The summed E-state index contributed by atoms with van der Waals surface area (Å²) in [7, 11) is 0. The topological polar surface area (TPSA) is 39.2 Å².